The lowest BCUT2D eigenvalue weighted by atomic mass is 9.68. The molecule has 0 unspecified atom stereocenters. The van der Waals surface area contributed by atoms with Crippen LogP contribution in [-0.2, 0) is 10.2 Å². The maximum absolute atomic E-state index is 11.9. The normalized spacial score (nSPS) is 18.1. The van der Waals surface area contributed by atoms with Crippen molar-refractivity contribution in [3.63, 3.8) is 0 Å². The van der Waals surface area contributed by atoms with Gasteiger partial charge in [-0.25, -0.2) is 0 Å². The van der Waals surface area contributed by atoms with Crippen LogP contribution < -0.4 is 4.74 Å². The lowest BCUT2D eigenvalue weighted by Gasteiger charge is -2.35. The Kier molecular flexibility index (Phi) is 3.83. The predicted octanol–water partition coefficient (Wildman–Crippen LogP) is 3.60. The number of rotatable bonds is 3. The maximum Gasteiger partial charge on any atom is 0.314 e. The highest BCUT2D eigenvalue weighted by molar-refractivity contribution is 5.82. The number of ether oxygens (including phenoxy) is 1. The first-order valence-electron chi connectivity index (χ1n) is 6.91. The molecular formula is C16H22O3. The lowest BCUT2D eigenvalue weighted by Crippen LogP contribution is -2.38. The van der Waals surface area contributed by atoms with Gasteiger partial charge in [0.15, 0.2) is 0 Å². The fourth-order valence-corrected chi connectivity index (χ4v) is 3.41. The van der Waals surface area contributed by atoms with Gasteiger partial charge in [-0.05, 0) is 43.4 Å². The van der Waals surface area contributed by atoms with Crippen molar-refractivity contribution in [2.75, 3.05) is 7.11 Å². The van der Waals surface area contributed by atoms with Gasteiger partial charge in [0.05, 0.1) is 12.5 Å². The Morgan fingerprint density at radius 3 is 2.37 bits per heavy atom. The number of aryl methyl sites for hydroxylation is 1. The quantitative estimate of drug-likeness (QED) is 0.905. The summed E-state index contributed by atoms with van der Waals surface area (Å²) in [7, 11) is 1.65. The monoisotopic (exact) mass is 262 g/mol. The van der Waals surface area contributed by atoms with Crippen molar-refractivity contribution in [2.45, 2.75) is 51.4 Å². The zero-order valence-electron chi connectivity index (χ0n) is 12.0. The van der Waals surface area contributed by atoms with Crippen LogP contribution in [-0.4, -0.2) is 18.2 Å². The summed E-state index contributed by atoms with van der Waals surface area (Å²) in [6.07, 6.45) is 4.58. The molecule has 1 fully saturated rings. The average Bonchev–Trinajstić information content (AvgIpc) is 2.40. The third kappa shape index (κ3) is 2.22. The van der Waals surface area contributed by atoms with E-state index in [-0.39, 0.29) is 0 Å². The van der Waals surface area contributed by atoms with E-state index in [1.165, 1.54) is 0 Å². The summed E-state index contributed by atoms with van der Waals surface area (Å²) in [6, 6.07) is 3.95. The number of aliphatic carboxylic acids is 1. The first-order valence-corrected chi connectivity index (χ1v) is 6.91. The fourth-order valence-electron chi connectivity index (χ4n) is 3.41. The minimum Gasteiger partial charge on any atom is -0.496 e. The van der Waals surface area contributed by atoms with Crippen LogP contribution in [0, 0.1) is 13.8 Å². The number of carboxylic acids is 1. The summed E-state index contributed by atoms with van der Waals surface area (Å²) < 4.78 is 5.44. The molecule has 1 aromatic carbocycles. The van der Waals surface area contributed by atoms with Gasteiger partial charge in [0.25, 0.3) is 0 Å². The maximum atomic E-state index is 11.9. The molecule has 0 spiro atoms. The number of hydrogen-bond acceptors (Lipinski definition) is 2. The van der Waals surface area contributed by atoms with Gasteiger partial charge < -0.3 is 9.84 Å². The summed E-state index contributed by atoms with van der Waals surface area (Å²) in [5, 5.41) is 9.76. The Bertz CT molecular complexity index is 485. The molecule has 0 atom stereocenters. The second kappa shape index (κ2) is 5.24. The van der Waals surface area contributed by atoms with E-state index >= 15 is 0 Å². The largest absolute Gasteiger partial charge is 0.496 e. The van der Waals surface area contributed by atoms with Crippen molar-refractivity contribution >= 4 is 5.97 Å². The van der Waals surface area contributed by atoms with Gasteiger partial charge in [-0.15, -0.1) is 0 Å². The van der Waals surface area contributed by atoms with E-state index in [2.05, 4.69) is 0 Å². The Balaban J connectivity index is 2.57. The van der Waals surface area contributed by atoms with Crippen molar-refractivity contribution in [2.24, 2.45) is 0 Å². The number of carbonyl (C=O) groups is 1. The molecule has 2 rings (SSSR count). The van der Waals surface area contributed by atoms with Crippen LogP contribution in [0.3, 0.4) is 0 Å². The SMILES string of the molecule is COc1c(C)ccc(C2(C(=O)O)CCCCC2)c1C. The highest BCUT2D eigenvalue weighted by Gasteiger charge is 2.42. The third-order valence-electron chi connectivity index (χ3n) is 4.44. The first kappa shape index (κ1) is 13.9. The number of benzene rings is 1. The number of carboxylic acid groups (broad SMARTS) is 1. The molecule has 1 saturated carbocycles. The molecule has 0 aromatic heterocycles. The van der Waals surface area contributed by atoms with Crippen LogP contribution in [0.4, 0.5) is 0 Å². The van der Waals surface area contributed by atoms with E-state index in [9.17, 15) is 9.90 Å². The van der Waals surface area contributed by atoms with E-state index < -0.39 is 11.4 Å². The first-order chi connectivity index (χ1) is 9.03. The highest BCUT2D eigenvalue weighted by Crippen LogP contribution is 2.43. The van der Waals surface area contributed by atoms with Crippen LogP contribution in [0.15, 0.2) is 12.1 Å². The number of methoxy groups -OCH3 is 1. The summed E-state index contributed by atoms with van der Waals surface area (Å²) in [5.41, 5.74) is 2.25. The molecular weight excluding hydrogens is 240 g/mol. The molecule has 0 radical (unpaired) electrons. The molecule has 0 amide bonds. The van der Waals surface area contributed by atoms with Gasteiger partial charge in [0, 0.05) is 0 Å². The van der Waals surface area contributed by atoms with E-state index in [1.807, 2.05) is 26.0 Å². The van der Waals surface area contributed by atoms with Crippen LogP contribution >= 0.6 is 0 Å². The van der Waals surface area contributed by atoms with Crippen LogP contribution in [0.1, 0.15) is 48.8 Å². The zero-order chi connectivity index (χ0) is 14.0. The standard InChI is InChI=1S/C16H22O3/c1-11-7-8-13(12(2)14(11)19-3)16(15(17)18)9-5-4-6-10-16/h7-8H,4-6,9-10H2,1-3H3,(H,17,18). The topological polar surface area (TPSA) is 46.5 Å². The molecule has 104 valence electrons. The van der Waals surface area contributed by atoms with Crippen LogP contribution in [0.25, 0.3) is 0 Å². The van der Waals surface area contributed by atoms with Crippen molar-refractivity contribution in [1.82, 2.24) is 0 Å². The molecule has 0 bridgehead atoms. The molecule has 1 aliphatic carbocycles. The Hall–Kier alpha value is -1.51. The molecule has 0 aliphatic heterocycles. The van der Waals surface area contributed by atoms with E-state index in [0.29, 0.717) is 0 Å². The molecule has 1 N–H and O–H groups in total. The van der Waals surface area contributed by atoms with Gasteiger partial charge in [0.2, 0.25) is 0 Å². The Morgan fingerprint density at radius 1 is 1.21 bits per heavy atom. The molecule has 3 nitrogen and oxygen atoms in total. The van der Waals surface area contributed by atoms with Crippen molar-refractivity contribution < 1.29 is 14.6 Å². The minimum absolute atomic E-state index is 0.693. The molecule has 3 heteroatoms. The van der Waals surface area contributed by atoms with Crippen molar-refractivity contribution in [3.8, 4) is 5.75 Å². The van der Waals surface area contributed by atoms with Gasteiger partial charge in [-0.3, -0.25) is 4.79 Å². The predicted molar refractivity (Wildman–Crippen MR) is 74.9 cm³/mol. The second-order valence-electron chi connectivity index (χ2n) is 5.54. The van der Waals surface area contributed by atoms with E-state index in [1.54, 1.807) is 7.11 Å². The summed E-state index contributed by atoms with van der Waals surface area (Å²) >= 11 is 0. The van der Waals surface area contributed by atoms with Gasteiger partial charge in [-0.1, -0.05) is 31.4 Å². The van der Waals surface area contributed by atoms with Crippen molar-refractivity contribution in [3.05, 3.63) is 28.8 Å². The number of hydrogen-bond donors (Lipinski definition) is 1. The van der Waals surface area contributed by atoms with Crippen LogP contribution in [0.2, 0.25) is 0 Å². The second-order valence-corrected chi connectivity index (χ2v) is 5.54. The fraction of sp³-hybridized carbons (Fsp3) is 0.562. The van der Waals surface area contributed by atoms with Crippen LogP contribution in [0.5, 0.6) is 5.75 Å². The molecule has 1 aliphatic rings. The van der Waals surface area contributed by atoms with E-state index in [0.717, 1.165) is 54.5 Å². The molecule has 0 heterocycles. The smallest absolute Gasteiger partial charge is 0.314 e. The summed E-state index contributed by atoms with van der Waals surface area (Å²) in [5.74, 6) is 0.130. The van der Waals surface area contributed by atoms with Gasteiger partial charge in [-0.2, -0.15) is 0 Å². The summed E-state index contributed by atoms with van der Waals surface area (Å²) in [6.45, 7) is 3.96. The lowest BCUT2D eigenvalue weighted by molar-refractivity contribution is -0.145. The van der Waals surface area contributed by atoms with Crippen molar-refractivity contribution in [1.29, 1.82) is 0 Å². The zero-order valence-corrected chi connectivity index (χ0v) is 12.0. The molecule has 1 aromatic rings. The Labute approximate surface area is 114 Å². The molecule has 0 saturated heterocycles. The summed E-state index contributed by atoms with van der Waals surface area (Å²) in [4.78, 5) is 11.9. The average molecular weight is 262 g/mol. The Morgan fingerprint density at radius 2 is 1.84 bits per heavy atom. The molecule has 19 heavy (non-hydrogen) atoms. The van der Waals surface area contributed by atoms with Gasteiger partial charge in [0.1, 0.15) is 5.75 Å². The minimum atomic E-state index is -0.719. The van der Waals surface area contributed by atoms with Gasteiger partial charge >= 0.3 is 5.97 Å². The highest BCUT2D eigenvalue weighted by atomic mass is 16.5. The third-order valence-corrected chi connectivity index (χ3v) is 4.44. The van der Waals surface area contributed by atoms with E-state index in [4.69, 9.17) is 4.74 Å².